The van der Waals surface area contributed by atoms with Gasteiger partial charge >= 0.3 is 5.97 Å². The average molecular weight is 189 g/mol. The zero-order valence-corrected chi connectivity index (χ0v) is 7.62. The number of carboxylic acid groups (broad SMARTS) is 1. The lowest BCUT2D eigenvalue weighted by Gasteiger charge is -2.12. The Morgan fingerprint density at radius 2 is 2.08 bits per heavy atom. The smallest absolute Gasteiger partial charge is 0.326 e. The van der Waals surface area contributed by atoms with Gasteiger partial charge in [-0.3, -0.25) is 4.79 Å². The maximum atomic E-state index is 11.0. The third-order valence-electron chi connectivity index (χ3n) is 1.53. The molecule has 0 aromatic carbocycles. The molecule has 0 aliphatic heterocycles. The van der Waals surface area contributed by atoms with Gasteiger partial charge in [0.25, 0.3) is 0 Å². The van der Waals surface area contributed by atoms with Crippen molar-refractivity contribution in [1.29, 1.82) is 0 Å². The third kappa shape index (κ3) is 5.19. The van der Waals surface area contributed by atoms with Crippen LogP contribution in [-0.4, -0.2) is 34.7 Å². The van der Waals surface area contributed by atoms with Crippen molar-refractivity contribution in [1.82, 2.24) is 5.32 Å². The molecule has 0 spiro atoms. The number of carboxylic acids is 1. The minimum absolute atomic E-state index is 0.0464. The fraction of sp³-hybridized carbons (Fsp3) is 0.750. The molecule has 0 aromatic rings. The van der Waals surface area contributed by atoms with Crippen LogP contribution in [0, 0.1) is 0 Å². The molecule has 0 aliphatic rings. The number of aliphatic hydroxyl groups is 1. The van der Waals surface area contributed by atoms with Crippen LogP contribution in [0.2, 0.25) is 0 Å². The highest BCUT2D eigenvalue weighted by Gasteiger charge is 2.18. The highest BCUT2D eigenvalue weighted by molar-refractivity contribution is 5.83. The second kappa shape index (κ2) is 6.42. The maximum absolute atomic E-state index is 11.0. The average Bonchev–Trinajstić information content (AvgIpc) is 2.04. The molecule has 3 N–H and O–H groups in total. The third-order valence-corrected chi connectivity index (χ3v) is 1.53. The van der Waals surface area contributed by atoms with Crippen LogP contribution in [0.3, 0.4) is 0 Å². The summed E-state index contributed by atoms with van der Waals surface area (Å²) in [5, 5.41) is 19.4. The van der Waals surface area contributed by atoms with Gasteiger partial charge in [-0.2, -0.15) is 0 Å². The highest BCUT2D eigenvalue weighted by atomic mass is 16.4. The second-order valence-corrected chi connectivity index (χ2v) is 2.72. The molecule has 0 heterocycles. The number of amides is 1. The molecule has 0 rings (SSSR count). The lowest BCUT2D eigenvalue weighted by Crippen LogP contribution is -2.41. The van der Waals surface area contributed by atoms with E-state index in [4.69, 9.17) is 10.2 Å². The molecule has 0 saturated heterocycles. The molecule has 0 aliphatic carbocycles. The second-order valence-electron chi connectivity index (χ2n) is 2.72. The molecular formula is C8H15NO4. The van der Waals surface area contributed by atoms with E-state index in [0.29, 0.717) is 12.8 Å². The van der Waals surface area contributed by atoms with E-state index in [-0.39, 0.29) is 18.9 Å². The van der Waals surface area contributed by atoms with Crippen molar-refractivity contribution in [3.8, 4) is 0 Å². The Balaban J connectivity index is 3.94. The number of aliphatic hydroxyl groups excluding tert-OH is 1. The fourth-order valence-corrected chi connectivity index (χ4v) is 0.880. The number of hydrogen-bond donors (Lipinski definition) is 3. The van der Waals surface area contributed by atoms with Gasteiger partial charge in [-0.25, -0.2) is 4.79 Å². The molecule has 1 amide bonds. The minimum atomic E-state index is -1.11. The van der Waals surface area contributed by atoms with Crippen molar-refractivity contribution in [2.75, 3.05) is 6.61 Å². The van der Waals surface area contributed by atoms with Crippen molar-refractivity contribution in [2.45, 2.75) is 32.2 Å². The van der Waals surface area contributed by atoms with Crippen molar-refractivity contribution in [3.05, 3.63) is 0 Å². The maximum Gasteiger partial charge on any atom is 0.326 e. The molecule has 0 aromatic heterocycles. The van der Waals surface area contributed by atoms with E-state index in [2.05, 4.69) is 5.32 Å². The van der Waals surface area contributed by atoms with Crippen LogP contribution in [0.15, 0.2) is 0 Å². The summed E-state index contributed by atoms with van der Waals surface area (Å²) in [6.45, 7) is 1.59. The summed E-state index contributed by atoms with van der Waals surface area (Å²) in [5.74, 6) is -1.40. The van der Waals surface area contributed by atoms with E-state index in [9.17, 15) is 9.59 Å². The normalized spacial score (nSPS) is 12.2. The highest BCUT2D eigenvalue weighted by Crippen LogP contribution is 1.94. The topological polar surface area (TPSA) is 86.6 Å². The fourth-order valence-electron chi connectivity index (χ4n) is 0.880. The monoisotopic (exact) mass is 189 g/mol. The Kier molecular flexibility index (Phi) is 5.88. The Morgan fingerprint density at radius 1 is 1.46 bits per heavy atom. The van der Waals surface area contributed by atoms with Crippen molar-refractivity contribution in [3.63, 3.8) is 0 Å². The summed E-state index contributed by atoms with van der Waals surface area (Å²) in [6.07, 6.45) is 1.04. The number of nitrogens with one attached hydrogen (secondary N) is 1. The number of rotatable bonds is 6. The van der Waals surface area contributed by atoms with Gasteiger partial charge < -0.3 is 15.5 Å². The van der Waals surface area contributed by atoms with E-state index < -0.39 is 12.0 Å². The van der Waals surface area contributed by atoms with E-state index in [0.717, 1.165) is 0 Å². The number of aliphatic carboxylic acids is 1. The van der Waals surface area contributed by atoms with Crippen molar-refractivity contribution in [2.24, 2.45) is 0 Å². The van der Waals surface area contributed by atoms with Crippen LogP contribution in [0.5, 0.6) is 0 Å². The Labute approximate surface area is 76.8 Å². The van der Waals surface area contributed by atoms with Crippen LogP contribution in [0.4, 0.5) is 0 Å². The summed E-state index contributed by atoms with van der Waals surface area (Å²) in [6, 6.07) is -0.968. The van der Waals surface area contributed by atoms with Gasteiger partial charge in [-0.15, -0.1) is 0 Å². The van der Waals surface area contributed by atoms with Crippen LogP contribution >= 0.6 is 0 Å². The first-order valence-electron chi connectivity index (χ1n) is 4.24. The minimum Gasteiger partial charge on any atom is -0.480 e. The van der Waals surface area contributed by atoms with Gasteiger partial charge in [0.1, 0.15) is 6.04 Å². The first kappa shape index (κ1) is 11.9. The van der Waals surface area contributed by atoms with Crippen molar-refractivity contribution < 1.29 is 19.8 Å². The zero-order chi connectivity index (χ0) is 10.3. The van der Waals surface area contributed by atoms with Gasteiger partial charge in [0.15, 0.2) is 0 Å². The molecule has 0 fully saturated rings. The summed E-state index contributed by atoms with van der Waals surface area (Å²) in [4.78, 5) is 21.5. The predicted octanol–water partition coefficient (Wildman–Crippen LogP) is -0.262. The molecule has 5 nitrogen and oxygen atoms in total. The summed E-state index contributed by atoms with van der Waals surface area (Å²) in [7, 11) is 0. The van der Waals surface area contributed by atoms with Gasteiger partial charge in [0.05, 0.1) is 0 Å². The largest absolute Gasteiger partial charge is 0.480 e. The zero-order valence-electron chi connectivity index (χ0n) is 7.62. The SMILES string of the molecule is CCCC(=O)NC(CCO)C(=O)O. The molecule has 76 valence electrons. The van der Waals surface area contributed by atoms with Crippen LogP contribution in [0.25, 0.3) is 0 Å². The summed E-state index contributed by atoms with van der Waals surface area (Å²) < 4.78 is 0. The molecule has 13 heavy (non-hydrogen) atoms. The standard InChI is InChI=1S/C8H15NO4/c1-2-3-7(11)9-6(4-5-10)8(12)13/h6,10H,2-5H2,1H3,(H,9,11)(H,12,13). The predicted molar refractivity (Wildman–Crippen MR) is 46.2 cm³/mol. The number of carbonyl (C=O) groups is 2. The van der Waals surface area contributed by atoms with Crippen LogP contribution in [-0.2, 0) is 9.59 Å². The molecule has 1 atom stereocenters. The Morgan fingerprint density at radius 3 is 2.46 bits per heavy atom. The van der Waals surface area contributed by atoms with E-state index in [1.54, 1.807) is 0 Å². The van der Waals surface area contributed by atoms with E-state index in [1.165, 1.54) is 0 Å². The quantitative estimate of drug-likeness (QED) is 0.537. The molecule has 0 bridgehead atoms. The van der Waals surface area contributed by atoms with Crippen molar-refractivity contribution >= 4 is 11.9 Å². The first-order chi connectivity index (χ1) is 6.11. The Bertz CT molecular complexity index is 181. The van der Waals surface area contributed by atoms with Gasteiger partial charge in [-0.05, 0) is 6.42 Å². The van der Waals surface area contributed by atoms with Crippen LogP contribution < -0.4 is 5.32 Å². The van der Waals surface area contributed by atoms with Gasteiger partial charge in [0, 0.05) is 19.4 Å². The molecule has 1 unspecified atom stereocenters. The Hall–Kier alpha value is -1.10. The molecule has 0 radical (unpaired) electrons. The van der Waals surface area contributed by atoms with Gasteiger partial charge in [-0.1, -0.05) is 6.92 Å². The number of carbonyl (C=O) groups excluding carboxylic acids is 1. The first-order valence-corrected chi connectivity index (χ1v) is 4.24. The molecule has 0 saturated carbocycles. The van der Waals surface area contributed by atoms with E-state index >= 15 is 0 Å². The lowest BCUT2D eigenvalue weighted by molar-refractivity contribution is -0.142. The molecule has 5 heteroatoms. The summed E-state index contributed by atoms with van der Waals surface area (Å²) in [5.41, 5.74) is 0. The van der Waals surface area contributed by atoms with Gasteiger partial charge in [0.2, 0.25) is 5.91 Å². The van der Waals surface area contributed by atoms with E-state index in [1.807, 2.05) is 6.92 Å². The summed E-state index contributed by atoms with van der Waals surface area (Å²) >= 11 is 0. The molecular weight excluding hydrogens is 174 g/mol. The van der Waals surface area contributed by atoms with Crippen LogP contribution in [0.1, 0.15) is 26.2 Å². The lowest BCUT2D eigenvalue weighted by atomic mass is 10.2. The number of hydrogen-bond acceptors (Lipinski definition) is 3.